The van der Waals surface area contributed by atoms with Crippen molar-refractivity contribution in [2.24, 2.45) is 5.10 Å². The normalized spacial score (nSPS) is 11.6. The van der Waals surface area contributed by atoms with E-state index in [1.165, 1.54) is 42.6 Å². The fourth-order valence-corrected chi connectivity index (χ4v) is 4.21. The number of hydrazone groups is 1. The Bertz CT molecular complexity index is 1380. The van der Waals surface area contributed by atoms with Gasteiger partial charge in [0.2, 0.25) is 0 Å². The first-order valence-electron chi connectivity index (χ1n) is 9.21. The lowest BCUT2D eigenvalue weighted by molar-refractivity contribution is 0.0956. The number of nitrogens with zero attached hydrogens (tertiary/aromatic N) is 1. The molecule has 0 aliphatic heterocycles. The Morgan fingerprint density at radius 1 is 0.968 bits per heavy atom. The van der Waals surface area contributed by atoms with Crippen LogP contribution in [0.4, 0.5) is 5.69 Å². The van der Waals surface area contributed by atoms with Crippen molar-refractivity contribution in [3.63, 3.8) is 0 Å². The first-order valence-corrected chi connectivity index (χ1v) is 11.1. The zero-order valence-corrected chi connectivity index (χ0v) is 17.6. The van der Waals surface area contributed by atoms with E-state index in [0.717, 1.165) is 16.5 Å². The average Bonchev–Trinajstić information content (AvgIpc) is 3.17. The summed E-state index contributed by atoms with van der Waals surface area (Å²) in [6, 6.07) is 19.7. The molecule has 0 saturated heterocycles. The van der Waals surface area contributed by atoms with Crippen LogP contribution in [0.1, 0.15) is 15.9 Å². The molecule has 0 saturated carbocycles. The van der Waals surface area contributed by atoms with Crippen molar-refractivity contribution in [3.8, 4) is 0 Å². The number of anilines is 1. The first-order chi connectivity index (χ1) is 14.9. The number of aromatic nitrogens is 1. The summed E-state index contributed by atoms with van der Waals surface area (Å²) >= 11 is 5.82. The summed E-state index contributed by atoms with van der Waals surface area (Å²) in [5, 5.41) is 5.40. The van der Waals surface area contributed by atoms with Crippen LogP contribution in [-0.2, 0) is 10.0 Å². The third kappa shape index (κ3) is 4.60. The maximum atomic E-state index is 12.7. The number of hydrogen-bond donors (Lipinski definition) is 3. The molecule has 3 N–H and O–H groups in total. The van der Waals surface area contributed by atoms with Gasteiger partial charge in [0.1, 0.15) is 0 Å². The van der Waals surface area contributed by atoms with E-state index in [-0.39, 0.29) is 16.1 Å². The average molecular weight is 453 g/mol. The molecule has 9 heteroatoms. The van der Waals surface area contributed by atoms with Gasteiger partial charge < -0.3 is 4.98 Å². The van der Waals surface area contributed by atoms with E-state index < -0.39 is 15.9 Å². The third-order valence-electron chi connectivity index (χ3n) is 4.53. The predicted octanol–water partition coefficient (Wildman–Crippen LogP) is 4.39. The molecular weight excluding hydrogens is 436 g/mol. The van der Waals surface area contributed by atoms with Crippen LogP contribution in [0.2, 0.25) is 5.02 Å². The number of nitrogens with one attached hydrogen (secondary N) is 3. The molecule has 156 valence electrons. The Balaban J connectivity index is 1.52. The lowest BCUT2D eigenvalue weighted by Crippen LogP contribution is -2.21. The van der Waals surface area contributed by atoms with Gasteiger partial charge in [-0.25, -0.2) is 13.8 Å². The fraction of sp³-hybridized carbons (Fsp3) is 0. The predicted molar refractivity (Wildman–Crippen MR) is 122 cm³/mol. The molecule has 1 aromatic heterocycles. The van der Waals surface area contributed by atoms with Gasteiger partial charge >= 0.3 is 0 Å². The number of sulfonamides is 1. The van der Waals surface area contributed by atoms with E-state index in [0.29, 0.717) is 5.02 Å². The Hall–Kier alpha value is -3.62. The van der Waals surface area contributed by atoms with E-state index in [1.54, 1.807) is 18.3 Å². The summed E-state index contributed by atoms with van der Waals surface area (Å²) in [7, 11) is -3.90. The number of para-hydroxylation sites is 2. The van der Waals surface area contributed by atoms with Crippen molar-refractivity contribution in [3.05, 3.63) is 95.1 Å². The number of carbonyl (C=O) groups excluding carboxylic acids is 1. The number of amides is 1. The van der Waals surface area contributed by atoms with Gasteiger partial charge in [-0.2, -0.15) is 5.10 Å². The number of carbonyl (C=O) groups is 1. The van der Waals surface area contributed by atoms with Gasteiger partial charge in [0, 0.05) is 27.7 Å². The molecule has 3 aromatic carbocycles. The topological polar surface area (TPSA) is 103 Å². The van der Waals surface area contributed by atoms with Gasteiger partial charge in [-0.3, -0.25) is 9.52 Å². The Morgan fingerprint density at radius 3 is 2.48 bits per heavy atom. The molecule has 4 aromatic rings. The molecule has 0 spiro atoms. The minimum absolute atomic E-state index is 0.0319. The highest BCUT2D eigenvalue weighted by molar-refractivity contribution is 7.92. The van der Waals surface area contributed by atoms with Crippen molar-refractivity contribution in [1.82, 2.24) is 10.4 Å². The third-order valence-corrected chi connectivity index (χ3v) is 6.16. The highest BCUT2D eigenvalue weighted by Gasteiger charge is 2.18. The molecule has 4 rings (SSSR count). The zero-order chi connectivity index (χ0) is 21.8. The molecule has 1 amide bonds. The van der Waals surface area contributed by atoms with Crippen LogP contribution >= 0.6 is 11.6 Å². The number of H-pyrrole nitrogens is 1. The number of aromatic amines is 1. The van der Waals surface area contributed by atoms with Gasteiger partial charge in [0.25, 0.3) is 15.9 Å². The van der Waals surface area contributed by atoms with Crippen LogP contribution in [0, 0.1) is 0 Å². The number of hydrogen-bond acceptors (Lipinski definition) is 4. The van der Waals surface area contributed by atoms with Crippen molar-refractivity contribution in [2.45, 2.75) is 4.90 Å². The van der Waals surface area contributed by atoms with Crippen molar-refractivity contribution in [2.75, 3.05) is 4.72 Å². The van der Waals surface area contributed by atoms with E-state index in [2.05, 4.69) is 20.2 Å². The maximum Gasteiger partial charge on any atom is 0.273 e. The molecule has 0 aliphatic rings. The number of halogens is 1. The van der Waals surface area contributed by atoms with Gasteiger partial charge in [-0.1, -0.05) is 41.9 Å². The Morgan fingerprint density at radius 2 is 1.68 bits per heavy atom. The van der Waals surface area contributed by atoms with E-state index >= 15 is 0 Å². The van der Waals surface area contributed by atoms with E-state index in [4.69, 9.17) is 11.6 Å². The smallest absolute Gasteiger partial charge is 0.273 e. The van der Waals surface area contributed by atoms with Crippen LogP contribution in [0.25, 0.3) is 10.9 Å². The van der Waals surface area contributed by atoms with Crippen molar-refractivity contribution < 1.29 is 13.2 Å². The molecule has 0 fully saturated rings. The lowest BCUT2D eigenvalue weighted by Gasteiger charge is -2.11. The first kappa shape index (κ1) is 20.6. The second kappa shape index (κ2) is 8.63. The molecule has 0 unspecified atom stereocenters. The number of benzene rings is 3. The summed E-state index contributed by atoms with van der Waals surface area (Å²) in [5.74, 6) is -0.550. The van der Waals surface area contributed by atoms with Crippen LogP contribution in [0.3, 0.4) is 0 Å². The Labute approximate surface area is 183 Å². The van der Waals surface area contributed by atoms with Gasteiger partial charge in [-0.05, 0) is 42.5 Å². The van der Waals surface area contributed by atoms with E-state index in [9.17, 15) is 13.2 Å². The molecule has 1 heterocycles. The number of rotatable bonds is 6. The standard InChI is InChI=1S/C22H17ClN4O3S/c23-16-9-11-17(12-10-16)31(29,30)27-21-8-4-2-6-19(21)22(28)26-25-14-15-13-24-20-7-3-1-5-18(15)20/h1-14,24,27H,(H,26,28)/b25-14+. The maximum absolute atomic E-state index is 12.7. The second-order valence-electron chi connectivity index (χ2n) is 6.59. The van der Waals surface area contributed by atoms with Crippen molar-refractivity contribution in [1.29, 1.82) is 0 Å². The van der Waals surface area contributed by atoms with Gasteiger partial charge in [0.05, 0.1) is 22.4 Å². The SMILES string of the molecule is O=C(N/N=C/c1c[nH]c2ccccc12)c1ccccc1NS(=O)(=O)c1ccc(Cl)cc1. The van der Waals surface area contributed by atoms with Crippen LogP contribution in [-0.4, -0.2) is 25.5 Å². The van der Waals surface area contributed by atoms with Crippen LogP contribution in [0.15, 0.2) is 89.0 Å². The highest BCUT2D eigenvalue weighted by atomic mass is 35.5. The van der Waals surface area contributed by atoms with Gasteiger partial charge in [0.15, 0.2) is 0 Å². The summed E-state index contributed by atoms with van der Waals surface area (Å²) in [5.41, 5.74) is 4.48. The lowest BCUT2D eigenvalue weighted by atomic mass is 10.2. The molecule has 31 heavy (non-hydrogen) atoms. The largest absolute Gasteiger partial charge is 0.361 e. The summed E-state index contributed by atoms with van der Waals surface area (Å²) in [6.07, 6.45) is 3.31. The van der Waals surface area contributed by atoms with Gasteiger partial charge in [-0.15, -0.1) is 0 Å². The Kier molecular flexibility index (Phi) is 5.75. The van der Waals surface area contributed by atoms with Crippen LogP contribution < -0.4 is 10.1 Å². The summed E-state index contributed by atoms with van der Waals surface area (Å²) < 4.78 is 27.8. The minimum atomic E-state index is -3.90. The fourth-order valence-electron chi connectivity index (χ4n) is 3.01. The molecule has 7 nitrogen and oxygen atoms in total. The molecule has 0 atom stereocenters. The van der Waals surface area contributed by atoms with Crippen LogP contribution in [0.5, 0.6) is 0 Å². The number of fused-ring (bicyclic) bond motifs is 1. The monoisotopic (exact) mass is 452 g/mol. The molecule has 0 bridgehead atoms. The summed E-state index contributed by atoms with van der Waals surface area (Å²) in [4.78, 5) is 15.8. The second-order valence-corrected chi connectivity index (χ2v) is 8.71. The summed E-state index contributed by atoms with van der Waals surface area (Å²) in [6.45, 7) is 0. The van der Waals surface area contributed by atoms with Crippen molar-refractivity contribution >= 4 is 50.3 Å². The highest BCUT2D eigenvalue weighted by Crippen LogP contribution is 2.21. The van der Waals surface area contributed by atoms with E-state index in [1.807, 2.05) is 24.3 Å². The molecule has 0 radical (unpaired) electrons. The molecular formula is C22H17ClN4O3S. The zero-order valence-electron chi connectivity index (χ0n) is 16.0. The minimum Gasteiger partial charge on any atom is -0.361 e. The quantitative estimate of drug-likeness (QED) is 0.298. The molecule has 0 aliphatic carbocycles.